The van der Waals surface area contributed by atoms with Crippen LogP contribution >= 0.6 is 11.8 Å². The first-order valence-electron chi connectivity index (χ1n) is 6.60. The second kappa shape index (κ2) is 7.14. The van der Waals surface area contributed by atoms with Crippen molar-refractivity contribution in [2.45, 2.75) is 13.0 Å². The molecule has 5 heteroatoms. The van der Waals surface area contributed by atoms with Gasteiger partial charge in [0.05, 0.1) is 0 Å². The Morgan fingerprint density at radius 3 is 2.50 bits per heavy atom. The van der Waals surface area contributed by atoms with E-state index < -0.39 is 0 Å². The molecule has 2 N–H and O–H groups in total. The van der Waals surface area contributed by atoms with E-state index in [9.17, 15) is 0 Å². The maximum absolute atomic E-state index is 4.60. The number of aromatic nitrogens is 2. The third-order valence-corrected chi connectivity index (χ3v) is 3.66. The molecule has 1 aromatic heterocycles. The number of nitrogens with zero attached hydrogens (tertiary/aromatic N) is 2. The number of anilines is 2. The highest BCUT2D eigenvalue weighted by Gasteiger charge is 2.08. The number of hydrogen-bond donors (Lipinski definition) is 2. The standard InChI is InChI=1S/C15H20N4S/c1-11(10-20-3)17-14-9-13(16-2)18-15(19-14)12-7-5-4-6-8-12/h4-9,11H,10H2,1-3H3,(H2,16,17,18,19). The molecule has 0 aliphatic heterocycles. The molecule has 0 aliphatic carbocycles. The number of hydrogen-bond acceptors (Lipinski definition) is 5. The van der Waals surface area contributed by atoms with Gasteiger partial charge in [0.1, 0.15) is 11.6 Å². The maximum atomic E-state index is 4.60. The third-order valence-electron chi connectivity index (χ3n) is 2.83. The highest BCUT2D eigenvalue weighted by Crippen LogP contribution is 2.20. The molecule has 106 valence electrons. The number of benzene rings is 1. The average molecular weight is 288 g/mol. The summed E-state index contributed by atoms with van der Waals surface area (Å²) in [6, 6.07) is 12.3. The van der Waals surface area contributed by atoms with Crippen molar-refractivity contribution in [3.8, 4) is 11.4 Å². The normalized spacial score (nSPS) is 11.9. The lowest BCUT2D eigenvalue weighted by molar-refractivity contribution is 0.901. The quantitative estimate of drug-likeness (QED) is 0.853. The Labute approximate surface area is 124 Å². The molecule has 1 heterocycles. The van der Waals surface area contributed by atoms with Crippen LogP contribution in [0.3, 0.4) is 0 Å². The van der Waals surface area contributed by atoms with Crippen molar-refractivity contribution < 1.29 is 0 Å². The molecule has 0 saturated heterocycles. The summed E-state index contributed by atoms with van der Waals surface area (Å²) in [6.45, 7) is 2.15. The summed E-state index contributed by atoms with van der Waals surface area (Å²) in [5.41, 5.74) is 1.02. The van der Waals surface area contributed by atoms with Crippen LogP contribution in [0.25, 0.3) is 11.4 Å². The Morgan fingerprint density at radius 2 is 1.85 bits per heavy atom. The number of nitrogens with one attached hydrogen (secondary N) is 2. The van der Waals surface area contributed by atoms with E-state index in [1.165, 1.54) is 0 Å². The molecule has 1 aromatic carbocycles. The smallest absolute Gasteiger partial charge is 0.163 e. The molecule has 2 rings (SSSR count). The zero-order chi connectivity index (χ0) is 14.4. The van der Waals surface area contributed by atoms with Crippen LogP contribution in [0, 0.1) is 0 Å². The molecule has 0 amide bonds. The first-order valence-corrected chi connectivity index (χ1v) is 8.00. The first-order chi connectivity index (χ1) is 9.72. The fraction of sp³-hybridized carbons (Fsp3) is 0.333. The summed E-state index contributed by atoms with van der Waals surface area (Å²) in [5.74, 6) is 3.44. The van der Waals surface area contributed by atoms with Gasteiger partial charge in [-0.25, -0.2) is 9.97 Å². The molecule has 1 unspecified atom stereocenters. The molecule has 0 fully saturated rings. The lowest BCUT2D eigenvalue weighted by Crippen LogP contribution is -2.19. The predicted octanol–water partition coefficient (Wildman–Crippen LogP) is 3.35. The SMILES string of the molecule is CNc1cc(NC(C)CSC)nc(-c2ccccc2)n1. The van der Waals surface area contributed by atoms with Crippen molar-refractivity contribution in [2.75, 3.05) is 29.7 Å². The van der Waals surface area contributed by atoms with Crippen LogP contribution in [0.2, 0.25) is 0 Å². The molecular formula is C15H20N4S. The fourth-order valence-corrected chi connectivity index (χ4v) is 2.49. The van der Waals surface area contributed by atoms with E-state index in [0.29, 0.717) is 6.04 Å². The minimum absolute atomic E-state index is 0.369. The predicted molar refractivity (Wildman–Crippen MR) is 88.5 cm³/mol. The Morgan fingerprint density at radius 1 is 1.15 bits per heavy atom. The van der Waals surface area contributed by atoms with Crippen LogP contribution in [-0.2, 0) is 0 Å². The zero-order valence-corrected chi connectivity index (χ0v) is 12.9. The largest absolute Gasteiger partial charge is 0.373 e. The average Bonchev–Trinajstić information content (AvgIpc) is 2.48. The molecule has 0 bridgehead atoms. The topological polar surface area (TPSA) is 49.8 Å². The zero-order valence-electron chi connectivity index (χ0n) is 12.1. The van der Waals surface area contributed by atoms with Gasteiger partial charge in [0.15, 0.2) is 5.82 Å². The third kappa shape index (κ3) is 3.87. The van der Waals surface area contributed by atoms with Gasteiger partial charge in [-0.2, -0.15) is 11.8 Å². The monoisotopic (exact) mass is 288 g/mol. The van der Waals surface area contributed by atoms with Crippen molar-refractivity contribution >= 4 is 23.4 Å². The molecule has 4 nitrogen and oxygen atoms in total. The van der Waals surface area contributed by atoms with Crippen molar-refractivity contribution in [3.63, 3.8) is 0 Å². The number of rotatable bonds is 6. The summed E-state index contributed by atoms with van der Waals surface area (Å²) >= 11 is 1.82. The van der Waals surface area contributed by atoms with E-state index in [4.69, 9.17) is 0 Å². The van der Waals surface area contributed by atoms with Gasteiger partial charge in [-0.3, -0.25) is 0 Å². The van der Waals surface area contributed by atoms with E-state index in [2.05, 4.69) is 33.8 Å². The van der Waals surface area contributed by atoms with Crippen LogP contribution < -0.4 is 10.6 Å². The Bertz CT molecular complexity index is 545. The van der Waals surface area contributed by atoms with Crippen LogP contribution in [-0.4, -0.2) is 35.1 Å². The lowest BCUT2D eigenvalue weighted by atomic mass is 10.2. The second-order valence-corrected chi connectivity index (χ2v) is 5.49. The van der Waals surface area contributed by atoms with Gasteiger partial charge in [0.2, 0.25) is 0 Å². The fourth-order valence-electron chi connectivity index (χ4n) is 1.91. The highest BCUT2D eigenvalue weighted by molar-refractivity contribution is 7.98. The van der Waals surface area contributed by atoms with Crippen molar-refractivity contribution in [1.82, 2.24) is 9.97 Å². The summed E-state index contributed by atoms with van der Waals surface area (Å²) in [4.78, 5) is 9.11. The van der Waals surface area contributed by atoms with Crippen LogP contribution in [0.4, 0.5) is 11.6 Å². The van der Waals surface area contributed by atoms with E-state index in [1.807, 2.05) is 55.2 Å². The van der Waals surface area contributed by atoms with Gasteiger partial charge >= 0.3 is 0 Å². The molecule has 0 radical (unpaired) electrons. The van der Waals surface area contributed by atoms with Crippen LogP contribution in [0.1, 0.15) is 6.92 Å². The molecular weight excluding hydrogens is 268 g/mol. The summed E-state index contributed by atoms with van der Waals surface area (Å²) < 4.78 is 0. The van der Waals surface area contributed by atoms with Gasteiger partial charge in [0, 0.05) is 30.5 Å². The maximum Gasteiger partial charge on any atom is 0.163 e. The van der Waals surface area contributed by atoms with E-state index >= 15 is 0 Å². The highest BCUT2D eigenvalue weighted by atomic mass is 32.2. The second-order valence-electron chi connectivity index (χ2n) is 4.58. The van der Waals surface area contributed by atoms with Gasteiger partial charge in [-0.05, 0) is 13.2 Å². The minimum Gasteiger partial charge on any atom is -0.373 e. The molecule has 20 heavy (non-hydrogen) atoms. The molecule has 1 atom stereocenters. The first kappa shape index (κ1) is 14.7. The van der Waals surface area contributed by atoms with Crippen molar-refractivity contribution in [1.29, 1.82) is 0 Å². The molecule has 0 spiro atoms. The lowest BCUT2D eigenvalue weighted by Gasteiger charge is -2.15. The van der Waals surface area contributed by atoms with Crippen LogP contribution in [0.15, 0.2) is 36.4 Å². The van der Waals surface area contributed by atoms with Gasteiger partial charge in [-0.15, -0.1) is 0 Å². The Kier molecular flexibility index (Phi) is 5.24. The van der Waals surface area contributed by atoms with Crippen LogP contribution in [0.5, 0.6) is 0 Å². The Hall–Kier alpha value is -1.75. The van der Waals surface area contributed by atoms with E-state index in [-0.39, 0.29) is 0 Å². The summed E-state index contributed by atoms with van der Waals surface area (Å²) in [6.07, 6.45) is 2.10. The van der Waals surface area contributed by atoms with E-state index in [0.717, 1.165) is 28.8 Å². The number of thioether (sulfide) groups is 1. The van der Waals surface area contributed by atoms with Crippen molar-refractivity contribution in [2.24, 2.45) is 0 Å². The molecule has 0 aliphatic rings. The van der Waals surface area contributed by atoms with E-state index in [1.54, 1.807) is 0 Å². The molecule has 0 saturated carbocycles. The summed E-state index contributed by atoms with van der Waals surface area (Å²) in [7, 11) is 1.87. The summed E-state index contributed by atoms with van der Waals surface area (Å²) in [5, 5.41) is 6.50. The van der Waals surface area contributed by atoms with Crippen molar-refractivity contribution in [3.05, 3.63) is 36.4 Å². The Balaban J connectivity index is 2.29. The van der Waals surface area contributed by atoms with Gasteiger partial charge < -0.3 is 10.6 Å². The van der Waals surface area contributed by atoms with Gasteiger partial charge in [0.25, 0.3) is 0 Å². The minimum atomic E-state index is 0.369. The van der Waals surface area contributed by atoms with Gasteiger partial charge in [-0.1, -0.05) is 30.3 Å². The molecule has 2 aromatic rings.